The molecule has 1 atom stereocenters. The van der Waals surface area contributed by atoms with Crippen LogP contribution in [-0.2, 0) is 6.54 Å². The zero-order valence-corrected chi connectivity index (χ0v) is 10.5. The number of aromatic nitrogens is 1. The number of pyridine rings is 1. The molecule has 0 saturated carbocycles. The fraction of sp³-hybridized carbons (Fsp3) is 0.267. The van der Waals surface area contributed by atoms with Gasteiger partial charge in [0, 0.05) is 11.6 Å². The van der Waals surface area contributed by atoms with Gasteiger partial charge < -0.3 is 9.84 Å². The largest absolute Gasteiger partial charge is 0.491 e. The number of rotatable bonds is 5. The molecular formula is C15H18NO2+. The second-order valence-electron chi connectivity index (χ2n) is 4.36. The molecule has 0 spiro atoms. The van der Waals surface area contributed by atoms with Crippen molar-refractivity contribution in [2.24, 2.45) is 0 Å². The Labute approximate surface area is 107 Å². The molecule has 2 aromatic rings. The number of para-hydroxylation sites is 1. The van der Waals surface area contributed by atoms with Crippen molar-refractivity contribution >= 4 is 0 Å². The summed E-state index contributed by atoms with van der Waals surface area (Å²) in [6, 6.07) is 13.5. The third-order valence-corrected chi connectivity index (χ3v) is 2.61. The number of aliphatic hydroxyl groups excluding tert-OH is 1. The van der Waals surface area contributed by atoms with Gasteiger partial charge >= 0.3 is 0 Å². The van der Waals surface area contributed by atoms with Gasteiger partial charge in [-0.2, -0.15) is 0 Å². The van der Waals surface area contributed by atoms with Crippen LogP contribution in [0, 0.1) is 6.92 Å². The zero-order chi connectivity index (χ0) is 12.8. The normalized spacial score (nSPS) is 12.1. The Hall–Kier alpha value is -1.87. The van der Waals surface area contributed by atoms with Crippen LogP contribution in [0.4, 0.5) is 0 Å². The highest BCUT2D eigenvalue weighted by molar-refractivity contribution is 5.20. The molecule has 0 aliphatic heterocycles. The van der Waals surface area contributed by atoms with Gasteiger partial charge in [-0.25, -0.2) is 4.57 Å². The predicted octanol–water partition coefficient (Wildman–Crippen LogP) is 1.72. The molecular weight excluding hydrogens is 226 g/mol. The minimum absolute atomic E-state index is 0.297. The number of nitrogens with zero attached hydrogens (tertiary/aromatic N) is 1. The summed E-state index contributed by atoms with van der Waals surface area (Å²) in [7, 11) is 0. The maximum Gasteiger partial charge on any atom is 0.177 e. The number of aryl methyl sites for hydroxylation is 1. The van der Waals surface area contributed by atoms with Crippen LogP contribution in [-0.4, -0.2) is 17.8 Å². The third-order valence-electron chi connectivity index (χ3n) is 2.61. The van der Waals surface area contributed by atoms with E-state index in [0.717, 1.165) is 5.75 Å². The Morgan fingerprint density at radius 3 is 2.67 bits per heavy atom. The van der Waals surface area contributed by atoms with Gasteiger partial charge in [-0.1, -0.05) is 18.2 Å². The first-order valence-electron chi connectivity index (χ1n) is 6.05. The van der Waals surface area contributed by atoms with Crippen LogP contribution in [0.2, 0.25) is 0 Å². The summed E-state index contributed by atoms with van der Waals surface area (Å²) < 4.78 is 7.47. The number of ether oxygens (including phenoxy) is 1. The highest BCUT2D eigenvalue weighted by Crippen LogP contribution is 2.08. The lowest BCUT2D eigenvalue weighted by Gasteiger charge is -2.09. The van der Waals surface area contributed by atoms with E-state index in [2.05, 4.69) is 0 Å². The fourth-order valence-corrected chi connectivity index (χ4v) is 1.77. The lowest BCUT2D eigenvalue weighted by atomic mass is 10.3. The van der Waals surface area contributed by atoms with Gasteiger partial charge in [0.15, 0.2) is 18.9 Å². The molecule has 0 amide bonds. The molecule has 1 N–H and O–H groups in total. The van der Waals surface area contributed by atoms with Crippen LogP contribution in [0.3, 0.4) is 0 Å². The monoisotopic (exact) mass is 244 g/mol. The van der Waals surface area contributed by atoms with E-state index in [0.29, 0.717) is 13.2 Å². The first-order valence-corrected chi connectivity index (χ1v) is 6.05. The third kappa shape index (κ3) is 3.86. The van der Waals surface area contributed by atoms with Crippen molar-refractivity contribution in [3.8, 4) is 5.75 Å². The van der Waals surface area contributed by atoms with Gasteiger partial charge in [0.25, 0.3) is 0 Å². The number of hydrogen-bond acceptors (Lipinski definition) is 2. The second kappa shape index (κ2) is 6.17. The van der Waals surface area contributed by atoms with Crippen LogP contribution in [0.25, 0.3) is 0 Å². The summed E-state index contributed by atoms with van der Waals surface area (Å²) in [6.45, 7) is 2.86. The van der Waals surface area contributed by atoms with Gasteiger partial charge in [-0.05, 0) is 25.1 Å². The lowest BCUT2D eigenvalue weighted by Crippen LogP contribution is -2.41. The number of aliphatic hydroxyl groups is 1. The SMILES string of the molecule is Cc1ccc[n+](CC(O)COc2ccccc2)c1. The molecule has 2 rings (SSSR count). The molecule has 0 saturated heterocycles. The van der Waals surface area contributed by atoms with E-state index in [-0.39, 0.29) is 0 Å². The zero-order valence-electron chi connectivity index (χ0n) is 10.5. The summed E-state index contributed by atoms with van der Waals surface area (Å²) in [5, 5.41) is 9.91. The average Bonchev–Trinajstić information content (AvgIpc) is 2.38. The maximum absolute atomic E-state index is 9.91. The summed E-state index contributed by atoms with van der Waals surface area (Å²) in [5.74, 6) is 0.783. The van der Waals surface area contributed by atoms with Gasteiger partial charge in [-0.15, -0.1) is 0 Å². The highest BCUT2D eigenvalue weighted by Gasteiger charge is 2.11. The standard InChI is InChI=1S/C15H18NO2/c1-13-6-5-9-16(10-13)11-14(17)12-18-15-7-3-2-4-8-15/h2-10,14,17H,11-12H2,1H3/q+1. The van der Waals surface area contributed by atoms with E-state index >= 15 is 0 Å². The molecule has 3 heteroatoms. The molecule has 1 unspecified atom stereocenters. The maximum atomic E-state index is 9.91. The van der Waals surface area contributed by atoms with Crippen molar-refractivity contribution in [1.29, 1.82) is 0 Å². The van der Waals surface area contributed by atoms with Crippen molar-refractivity contribution in [3.05, 3.63) is 60.4 Å². The molecule has 0 aliphatic carbocycles. The van der Waals surface area contributed by atoms with Gasteiger partial charge in [0.1, 0.15) is 18.5 Å². The van der Waals surface area contributed by atoms with E-state index in [9.17, 15) is 5.11 Å². The summed E-state index contributed by atoms with van der Waals surface area (Å²) in [5.41, 5.74) is 1.17. The summed E-state index contributed by atoms with van der Waals surface area (Å²) >= 11 is 0. The Morgan fingerprint density at radius 2 is 1.94 bits per heavy atom. The smallest absolute Gasteiger partial charge is 0.177 e. The average molecular weight is 244 g/mol. The Bertz CT molecular complexity index is 485. The molecule has 0 fully saturated rings. The topological polar surface area (TPSA) is 33.3 Å². The first-order chi connectivity index (χ1) is 8.74. The minimum Gasteiger partial charge on any atom is -0.491 e. The summed E-state index contributed by atoms with van der Waals surface area (Å²) in [6.07, 6.45) is 3.43. The lowest BCUT2D eigenvalue weighted by molar-refractivity contribution is -0.704. The Morgan fingerprint density at radius 1 is 1.17 bits per heavy atom. The second-order valence-corrected chi connectivity index (χ2v) is 4.36. The van der Waals surface area contributed by atoms with Gasteiger partial charge in [0.2, 0.25) is 0 Å². The molecule has 1 aromatic heterocycles. The van der Waals surface area contributed by atoms with Crippen molar-refractivity contribution in [3.63, 3.8) is 0 Å². The molecule has 94 valence electrons. The highest BCUT2D eigenvalue weighted by atomic mass is 16.5. The Kier molecular flexibility index (Phi) is 4.31. The predicted molar refractivity (Wildman–Crippen MR) is 69.3 cm³/mol. The molecule has 1 heterocycles. The minimum atomic E-state index is -0.517. The molecule has 1 aromatic carbocycles. The molecule has 0 aliphatic rings. The van der Waals surface area contributed by atoms with Gasteiger partial charge in [0.05, 0.1) is 0 Å². The van der Waals surface area contributed by atoms with E-state index in [1.165, 1.54) is 5.56 Å². The van der Waals surface area contributed by atoms with Crippen LogP contribution in [0.5, 0.6) is 5.75 Å². The molecule has 0 radical (unpaired) electrons. The number of benzene rings is 1. The van der Waals surface area contributed by atoms with Crippen molar-refractivity contribution in [1.82, 2.24) is 0 Å². The van der Waals surface area contributed by atoms with E-state index in [1.54, 1.807) is 0 Å². The summed E-state index contributed by atoms with van der Waals surface area (Å²) in [4.78, 5) is 0. The van der Waals surface area contributed by atoms with E-state index in [1.807, 2.05) is 66.3 Å². The Balaban J connectivity index is 1.84. The van der Waals surface area contributed by atoms with Crippen LogP contribution >= 0.6 is 0 Å². The fourth-order valence-electron chi connectivity index (χ4n) is 1.77. The van der Waals surface area contributed by atoms with Crippen molar-refractivity contribution < 1.29 is 14.4 Å². The van der Waals surface area contributed by atoms with Crippen LogP contribution < -0.4 is 9.30 Å². The molecule has 0 bridgehead atoms. The molecule has 18 heavy (non-hydrogen) atoms. The van der Waals surface area contributed by atoms with Crippen molar-refractivity contribution in [2.45, 2.75) is 19.6 Å². The van der Waals surface area contributed by atoms with E-state index in [4.69, 9.17) is 4.74 Å². The van der Waals surface area contributed by atoms with Crippen molar-refractivity contribution in [2.75, 3.05) is 6.61 Å². The molecule has 3 nitrogen and oxygen atoms in total. The first kappa shape index (κ1) is 12.6. The van der Waals surface area contributed by atoms with E-state index < -0.39 is 6.10 Å². The number of hydrogen-bond donors (Lipinski definition) is 1. The van der Waals surface area contributed by atoms with Gasteiger partial charge in [-0.3, -0.25) is 0 Å². The van der Waals surface area contributed by atoms with Crippen LogP contribution in [0.15, 0.2) is 54.9 Å². The van der Waals surface area contributed by atoms with Crippen LogP contribution in [0.1, 0.15) is 5.56 Å². The quantitative estimate of drug-likeness (QED) is 0.812.